The molecule has 3 aromatic heterocycles. The van der Waals surface area contributed by atoms with E-state index >= 15 is 0 Å². The molecule has 13 heteroatoms. The molecule has 9 nitrogen and oxygen atoms in total. The fourth-order valence-electron chi connectivity index (χ4n) is 4.15. The van der Waals surface area contributed by atoms with Crippen molar-refractivity contribution in [1.82, 2.24) is 24.1 Å². The van der Waals surface area contributed by atoms with Gasteiger partial charge in [-0.3, -0.25) is 14.3 Å². The number of ether oxygens (including phenoxy) is 1. The first kappa shape index (κ1) is 23.8. The van der Waals surface area contributed by atoms with Gasteiger partial charge in [0, 0.05) is 25.2 Å². The van der Waals surface area contributed by atoms with E-state index in [2.05, 4.69) is 15.0 Å². The Morgan fingerprint density at radius 1 is 1.08 bits per heavy atom. The number of aromatic nitrogens is 5. The van der Waals surface area contributed by atoms with Crippen molar-refractivity contribution in [2.24, 2.45) is 0 Å². The number of fused-ring (bicyclic) bond motifs is 1. The predicted molar refractivity (Wildman–Crippen MR) is 127 cm³/mol. The summed E-state index contributed by atoms with van der Waals surface area (Å²) in [5, 5.41) is -0.378. The molecule has 1 saturated heterocycles. The molecule has 0 bridgehead atoms. The normalized spacial score (nSPS) is 15.0. The number of pyridine rings is 1. The molecule has 4 heterocycles. The van der Waals surface area contributed by atoms with Crippen LogP contribution in [-0.2, 0) is 0 Å². The maximum atomic E-state index is 13.9. The molecule has 1 fully saturated rings. The Kier molecular flexibility index (Phi) is 5.70. The van der Waals surface area contributed by atoms with Gasteiger partial charge in [0.1, 0.15) is 17.0 Å². The molecule has 36 heavy (non-hydrogen) atoms. The summed E-state index contributed by atoms with van der Waals surface area (Å²) in [4.78, 5) is 41.3. The zero-order valence-electron chi connectivity index (χ0n) is 19.0. The van der Waals surface area contributed by atoms with E-state index in [0.717, 1.165) is 15.2 Å². The highest BCUT2D eigenvalue weighted by atomic mass is 35.5. The minimum atomic E-state index is -2.92. The van der Waals surface area contributed by atoms with Gasteiger partial charge in [0.25, 0.3) is 11.5 Å². The Balaban J connectivity index is 1.91. The SMILES string of the molecule is COc1nc(N2CCC(F)(F)C2)cc2c1c(=O)n(-c1cncc(C)n1)c(=O)n2-c1ccc(F)c(Cl)c1. The molecule has 5 rings (SSSR count). The Morgan fingerprint density at radius 3 is 2.50 bits per heavy atom. The van der Waals surface area contributed by atoms with Crippen LogP contribution in [0.5, 0.6) is 5.88 Å². The lowest BCUT2D eigenvalue weighted by molar-refractivity contribution is 0.0256. The molecule has 1 aliphatic heterocycles. The molecule has 1 aliphatic rings. The lowest BCUT2D eigenvalue weighted by Gasteiger charge is -2.21. The molecular formula is C23H18ClF3N6O3. The summed E-state index contributed by atoms with van der Waals surface area (Å²) in [5.74, 6) is -3.78. The van der Waals surface area contributed by atoms with Crippen LogP contribution in [0.3, 0.4) is 0 Å². The van der Waals surface area contributed by atoms with Crippen molar-refractivity contribution in [1.29, 1.82) is 0 Å². The van der Waals surface area contributed by atoms with Crippen molar-refractivity contribution < 1.29 is 17.9 Å². The molecule has 0 spiro atoms. The molecule has 0 aliphatic carbocycles. The molecular weight excluding hydrogens is 501 g/mol. The monoisotopic (exact) mass is 518 g/mol. The number of anilines is 1. The number of aryl methyl sites for hydroxylation is 1. The quantitative estimate of drug-likeness (QED) is 0.409. The number of nitrogens with zero attached hydrogens (tertiary/aromatic N) is 6. The minimum Gasteiger partial charge on any atom is -0.480 e. The second-order valence-corrected chi connectivity index (χ2v) is 8.69. The van der Waals surface area contributed by atoms with Crippen LogP contribution in [0, 0.1) is 12.7 Å². The zero-order chi connectivity index (χ0) is 25.8. The van der Waals surface area contributed by atoms with Gasteiger partial charge < -0.3 is 9.64 Å². The topological polar surface area (TPSA) is 95.1 Å². The highest BCUT2D eigenvalue weighted by Crippen LogP contribution is 2.33. The van der Waals surface area contributed by atoms with Crippen LogP contribution in [0.15, 0.2) is 46.2 Å². The number of hydrogen-bond donors (Lipinski definition) is 0. The van der Waals surface area contributed by atoms with Gasteiger partial charge in [0.05, 0.1) is 41.8 Å². The molecule has 0 saturated carbocycles. The van der Waals surface area contributed by atoms with Crippen LogP contribution >= 0.6 is 11.6 Å². The van der Waals surface area contributed by atoms with Crippen LogP contribution in [0.2, 0.25) is 5.02 Å². The number of halogens is 4. The third-order valence-electron chi connectivity index (χ3n) is 5.81. The van der Waals surface area contributed by atoms with Crippen molar-refractivity contribution in [2.75, 3.05) is 25.1 Å². The van der Waals surface area contributed by atoms with Gasteiger partial charge in [0.2, 0.25) is 5.88 Å². The van der Waals surface area contributed by atoms with Crippen molar-refractivity contribution in [3.8, 4) is 17.4 Å². The predicted octanol–water partition coefficient (Wildman–Crippen LogP) is 3.28. The van der Waals surface area contributed by atoms with E-state index in [1.165, 1.54) is 42.6 Å². The van der Waals surface area contributed by atoms with Gasteiger partial charge in [-0.15, -0.1) is 0 Å². The van der Waals surface area contributed by atoms with E-state index in [-0.39, 0.29) is 52.1 Å². The van der Waals surface area contributed by atoms with E-state index in [0.29, 0.717) is 5.69 Å². The van der Waals surface area contributed by atoms with Crippen LogP contribution in [0.4, 0.5) is 19.0 Å². The van der Waals surface area contributed by atoms with Gasteiger partial charge in [-0.25, -0.2) is 27.5 Å². The van der Waals surface area contributed by atoms with Gasteiger partial charge in [0.15, 0.2) is 5.82 Å². The average Bonchev–Trinajstić information content (AvgIpc) is 3.20. The zero-order valence-corrected chi connectivity index (χ0v) is 19.8. The van der Waals surface area contributed by atoms with Crippen molar-refractivity contribution in [3.05, 3.63) is 74.0 Å². The van der Waals surface area contributed by atoms with E-state index in [9.17, 15) is 22.8 Å². The smallest absolute Gasteiger partial charge is 0.342 e. The molecule has 0 atom stereocenters. The summed E-state index contributed by atoms with van der Waals surface area (Å²) in [6, 6.07) is 4.93. The van der Waals surface area contributed by atoms with E-state index in [1.807, 2.05) is 0 Å². The van der Waals surface area contributed by atoms with Crippen LogP contribution in [0.1, 0.15) is 12.1 Å². The third kappa shape index (κ3) is 3.96. The highest BCUT2D eigenvalue weighted by Gasteiger charge is 2.39. The second kappa shape index (κ2) is 8.63. The maximum Gasteiger partial charge on any atom is 0.342 e. The Bertz CT molecular complexity index is 1640. The standard InChI is InChI=1S/C23H18ClF3N6O3/c1-12-9-28-10-18(29-12)33-21(34)19-16(32(22(33)35)13-3-4-15(25)14(24)7-13)8-17(30-20(19)36-2)31-6-5-23(26,27)11-31/h3-4,7-10H,5-6,11H2,1-2H3. The fourth-order valence-corrected chi connectivity index (χ4v) is 4.32. The highest BCUT2D eigenvalue weighted by molar-refractivity contribution is 6.30. The summed E-state index contributed by atoms with van der Waals surface area (Å²) in [6.07, 6.45) is 2.32. The number of rotatable bonds is 4. The molecule has 0 radical (unpaired) electrons. The van der Waals surface area contributed by atoms with Crippen molar-refractivity contribution in [2.45, 2.75) is 19.3 Å². The van der Waals surface area contributed by atoms with Crippen LogP contribution < -0.4 is 20.9 Å². The Morgan fingerprint density at radius 2 is 1.86 bits per heavy atom. The van der Waals surface area contributed by atoms with E-state index < -0.39 is 29.5 Å². The summed E-state index contributed by atoms with van der Waals surface area (Å²) >= 11 is 5.99. The largest absolute Gasteiger partial charge is 0.480 e. The van der Waals surface area contributed by atoms with Gasteiger partial charge in [-0.2, -0.15) is 4.98 Å². The average molecular weight is 519 g/mol. The lowest BCUT2D eigenvalue weighted by atomic mass is 10.2. The van der Waals surface area contributed by atoms with Crippen molar-refractivity contribution in [3.63, 3.8) is 0 Å². The molecule has 186 valence electrons. The first-order valence-corrected chi connectivity index (χ1v) is 11.1. The van der Waals surface area contributed by atoms with E-state index in [4.69, 9.17) is 16.3 Å². The number of benzene rings is 1. The Labute approximate surface area is 206 Å². The van der Waals surface area contributed by atoms with Crippen LogP contribution in [-0.4, -0.2) is 50.2 Å². The van der Waals surface area contributed by atoms with Gasteiger partial charge in [-0.05, 0) is 25.1 Å². The summed E-state index contributed by atoms with van der Waals surface area (Å²) in [6.45, 7) is 1.07. The number of methoxy groups -OCH3 is 1. The molecule has 0 amide bonds. The fraction of sp³-hybridized carbons (Fsp3) is 0.261. The lowest BCUT2D eigenvalue weighted by Crippen LogP contribution is -2.39. The van der Waals surface area contributed by atoms with Gasteiger partial charge >= 0.3 is 5.69 Å². The number of hydrogen-bond acceptors (Lipinski definition) is 7. The molecule has 0 N–H and O–H groups in total. The van der Waals surface area contributed by atoms with Crippen molar-refractivity contribution >= 4 is 28.3 Å². The molecule has 4 aromatic rings. The molecule has 1 aromatic carbocycles. The summed E-state index contributed by atoms with van der Waals surface area (Å²) < 4.78 is 49.1. The number of alkyl halides is 2. The maximum absolute atomic E-state index is 13.9. The summed E-state index contributed by atoms with van der Waals surface area (Å²) in [5.41, 5.74) is -1.08. The first-order valence-electron chi connectivity index (χ1n) is 10.7. The Hall–Kier alpha value is -3.93. The van der Waals surface area contributed by atoms with E-state index in [1.54, 1.807) is 6.92 Å². The minimum absolute atomic E-state index is 0.0111. The molecule has 0 unspecified atom stereocenters. The van der Waals surface area contributed by atoms with Crippen LogP contribution in [0.25, 0.3) is 22.4 Å². The first-order chi connectivity index (χ1) is 17.1. The van der Waals surface area contributed by atoms with Gasteiger partial charge in [-0.1, -0.05) is 11.6 Å². The second-order valence-electron chi connectivity index (χ2n) is 8.29. The third-order valence-corrected chi connectivity index (χ3v) is 6.10. The summed E-state index contributed by atoms with van der Waals surface area (Å²) in [7, 11) is 1.27.